The van der Waals surface area contributed by atoms with Gasteiger partial charge in [-0.25, -0.2) is 4.98 Å². The van der Waals surface area contributed by atoms with Gasteiger partial charge in [-0.15, -0.1) is 11.8 Å². The summed E-state index contributed by atoms with van der Waals surface area (Å²) in [6.45, 7) is 1.89. The van der Waals surface area contributed by atoms with E-state index in [-0.39, 0.29) is 29.3 Å². The Morgan fingerprint density at radius 2 is 1.87 bits per heavy atom. The SMILES string of the molecule is Cc1ccc(NC(=O)CCSc2nc(N)c(C#N)c(-c3ccccc3)c2C#N)cc1Cl. The Labute approximate surface area is 189 Å². The predicted octanol–water partition coefficient (Wildman–Crippen LogP) is 5.16. The average Bonchev–Trinajstić information content (AvgIpc) is 2.76. The standard InChI is InChI=1S/C23H18ClN5OS/c1-14-7-8-16(11-19(14)24)28-20(30)9-10-31-23-18(13-26)21(15-5-3-2-4-6-15)17(12-25)22(27)29-23/h2-8,11H,9-10H2,1H3,(H2,27,29)(H,28,30). The minimum absolute atomic E-state index is 0.0570. The van der Waals surface area contributed by atoms with E-state index < -0.39 is 0 Å². The monoisotopic (exact) mass is 447 g/mol. The van der Waals surface area contributed by atoms with Crippen molar-refractivity contribution in [1.82, 2.24) is 4.98 Å². The topological polar surface area (TPSA) is 116 Å². The fourth-order valence-corrected chi connectivity index (χ4v) is 4.05. The Kier molecular flexibility index (Phi) is 7.15. The highest BCUT2D eigenvalue weighted by molar-refractivity contribution is 7.99. The molecule has 31 heavy (non-hydrogen) atoms. The van der Waals surface area contributed by atoms with E-state index in [1.807, 2.05) is 43.3 Å². The van der Waals surface area contributed by atoms with Crippen molar-refractivity contribution in [2.75, 3.05) is 16.8 Å². The zero-order chi connectivity index (χ0) is 22.4. The number of anilines is 2. The molecule has 154 valence electrons. The second-order valence-electron chi connectivity index (χ2n) is 6.63. The summed E-state index contributed by atoms with van der Waals surface area (Å²) >= 11 is 7.34. The number of pyridine rings is 1. The Morgan fingerprint density at radius 3 is 2.52 bits per heavy atom. The van der Waals surface area contributed by atoms with E-state index in [1.54, 1.807) is 12.1 Å². The van der Waals surface area contributed by atoms with E-state index in [1.165, 1.54) is 11.8 Å². The molecule has 0 radical (unpaired) electrons. The first-order valence-electron chi connectivity index (χ1n) is 9.32. The number of carbonyl (C=O) groups is 1. The normalized spacial score (nSPS) is 10.2. The number of nitrogen functional groups attached to an aromatic ring is 1. The van der Waals surface area contributed by atoms with Crippen LogP contribution in [0.5, 0.6) is 0 Å². The molecule has 0 aliphatic carbocycles. The van der Waals surface area contributed by atoms with E-state index in [9.17, 15) is 15.3 Å². The summed E-state index contributed by atoms with van der Waals surface area (Å²) in [7, 11) is 0. The Hall–Kier alpha value is -3.52. The summed E-state index contributed by atoms with van der Waals surface area (Å²) in [5.41, 5.74) is 9.16. The van der Waals surface area contributed by atoms with E-state index in [0.717, 1.165) is 5.56 Å². The fraction of sp³-hybridized carbons (Fsp3) is 0.130. The number of rotatable bonds is 6. The molecule has 3 N–H and O–H groups in total. The van der Waals surface area contributed by atoms with Crippen LogP contribution in [-0.4, -0.2) is 16.6 Å². The number of carbonyl (C=O) groups excluding carboxylic acids is 1. The number of nitrogens with two attached hydrogens (primary N) is 1. The molecule has 0 atom stereocenters. The fourth-order valence-electron chi connectivity index (χ4n) is 2.93. The molecule has 1 amide bonds. The molecule has 0 saturated heterocycles. The maximum Gasteiger partial charge on any atom is 0.225 e. The van der Waals surface area contributed by atoms with Crippen LogP contribution < -0.4 is 11.1 Å². The Bertz CT molecular complexity index is 1220. The number of hydrogen-bond donors (Lipinski definition) is 2. The van der Waals surface area contributed by atoms with Crippen molar-refractivity contribution >= 4 is 40.8 Å². The molecular weight excluding hydrogens is 430 g/mol. The number of hydrogen-bond acceptors (Lipinski definition) is 6. The van der Waals surface area contributed by atoms with Crippen molar-refractivity contribution < 1.29 is 4.79 Å². The lowest BCUT2D eigenvalue weighted by molar-refractivity contribution is -0.115. The third-order valence-electron chi connectivity index (χ3n) is 4.50. The van der Waals surface area contributed by atoms with Gasteiger partial charge in [0.05, 0.1) is 5.56 Å². The van der Waals surface area contributed by atoms with Crippen molar-refractivity contribution in [3.63, 3.8) is 0 Å². The molecule has 0 aliphatic heterocycles. The lowest BCUT2D eigenvalue weighted by Gasteiger charge is -2.13. The van der Waals surface area contributed by atoms with Gasteiger partial charge < -0.3 is 11.1 Å². The van der Waals surface area contributed by atoms with Crippen LogP contribution in [0.15, 0.2) is 53.6 Å². The van der Waals surface area contributed by atoms with E-state index in [4.69, 9.17) is 17.3 Å². The number of nitriles is 2. The van der Waals surface area contributed by atoms with Gasteiger partial charge in [-0.2, -0.15) is 10.5 Å². The number of aryl methyl sites for hydroxylation is 1. The van der Waals surface area contributed by atoms with Crippen LogP contribution in [0.1, 0.15) is 23.1 Å². The van der Waals surface area contributed by atoms with Gasteiger partial charge in [-0.3, -0.25) is 4.79 Å². The minimum atomic E-state index is -0.184. The average molecular weight is 448 g/mol. The maximum absolute atomic E-state index is 12.3. The van der Waals surface area contributed by atoms with Crippen LogP contribution >= 0.6 is 23.4 Å². The lowest BCUT2D eigenvalue weighted by atomic mass is 9.97. The zero-order valence-corrected chi connectivity index (χ0v) is 18.2. The zero-order valence-electron chi connectivity index (χ0n) is 16.6. The number of aromatic nitrogens is 1. The van der Waals surface area contributed by atoms with Gasteiger partial charge in [0.25, 0.3) is 0 Å². The Morgan fingerprint density at radius 1 is 1.16 bits per heavy atom. The lowest BCUT2D eigenvalue weighted by Crippen LogP contribution is -2.12. The minimum Gasteiger partial charge on any atom is -0.383 e. The van der Waals surface area contributed by atoms with E-state index in [2.05, 4.69) is 22.4 Å². The first-order chi connectivity index (χ1) is 14.9. The molecule has 2 aromatic carbocycles. The molecule has 0 fully saturated rings. The second-order valence-corrected chi connectivity index (χ2v) is 8.12. The van der Waals surface area contributed by atoms with Gasteiger partial charge in [0.15, 0.2) is 0 Å². The van der Waals surface area contributed by atoms with Crippen molar-refractivity contribution in [2.45, 2.75) is 18.4 Å². The number of benzene rings is 2. The van der Waals surface area contributed by atoms with Gasteiger partial charge in [0.1, 0.15) is 28.5 Å². The number of halogens is 1. The van der Waals surface area contributed by atoms with Crippen LogP contribution in [0.25, 0.3) is 11.1 Å². The summed E-state index contributed by atoms with van der Waals surface area (Å²) in [5, 5.41) is 23.1. The molecule has 0 aliphatic rings. The summed E-state index contributed by atoms with van der Waals surface area (Å²) in [6, 6.07) is 18.6. The van der Waals surface area contributed by atoms with Gasteiger partial charge >= 0.3 is 0 Å². The third-order valence-corrected chi connectivity index (χ3v) is 5.89. The summed E-state index contributed by atoms with van der Waals surface area (Å²) < 4.78 is 0. The molecule has 8 heteroatoms. The molecule has 3 aromatic rings. The van der Waals surface area contributed by atoms with Gasteiger partial charge in [0, 0.05) is 28.4 Å². The molecule has 0 bridgehead atoms. The molecule has 0 unspecified atom stereocenters. The quantitative estimate of drug-likeness (QED) is 0.504. The highest BCUT2D eigenvalue weighted by atomic mass is 35.5. The number of nitrogens with one attached hydrogen (secondary N) is 1. The van der Waals surface area contributed by atoms with Crippen LogP contribution in [0, 0.1) is 29.6 Å². The molecule has 0 saturated carbocycles. The van der Waals surface area contributed by atoms with Crippen LogP contribution in [-0.2, 0) is 4.79 Å². The highest BCUT2D eigenvalue weighted by Crippen LogP contribution is 2.35. The summed E-state index contributed by atoms with van der Waals surface area (Å²) in [5.74, 6) is 0.254. The smallest absolute Gasteiger partial charge is 0.225 e. The molecule has 1 heterocycles. The second kappa shape index (κ2) is 9.99. The summed E-state index contributed by atoms with van der Waals surface area (Å²) in [6.07, 6.45) is 0.198. The van der Waals surface area contributed by atoms with Crippen LogP contribution in [0.3, 0.4) is 0 Å². The molecule has 3 rings (SSSR count). The maximum atomic E-state index is 12.3. The van der Waals surface area contributed by atoms with Crippen molar-refractivity contribution in [3.05, 3.63) is 70.2 Å². The molecule has 0 spiro atoms. The van der Waals surface area contributed by atoms with E-state index >= 15 is 0 Å². The first kappa shape index (κ1) is 22.2. The first-order valence-corrected chi connectivity index (χ1v) is 10.7. The largest absolute Gasteiger partial charge is 0.383 e. The summed E-state index contributed by atoms with van der Waals surface area (Å²) in [4.78, 5) is 16.5. The molecular formula is C23H18ClN5OS. The third kappa shape index (κ3) is 5.16. The predicted molar refractivity (Wildman–Crippen MR) is 124 cm³/mol. The van der Waals surface area contributed by atoms with Crippen molar-refractivity contribution in [2.24, 2.45) is 0 Å². The van der Waals surface area contributed by atoms with Gasteiger partial charge in [-0.1, -0.05) is 48.0 Å². The number of thioether (sulfide) groups is 1. The number of amides is 1. The highest BCUT2D eigenvalue weighted by Gasteiger charge is 2.20. The van der Waals surface area contributed by atoms with Gasteiger partial charge in [-0.05, 0) is 30.2 Å². The molecule has 6 nitrogen and oxygen atoms in total. The van der Waals surface area contributed by atoms with Crippen LogP contribution in [0.4, 0.5) is 11.5 Å². The van der Waals surface area contributed by atoms with Crippen molar-refractivity contribution in [3.8, 4) is 23.3 Å². The Balaban J connectivity index is 1.78. The van der Waals surface area contributed by atoms with Crippen LogP contribution in [0.2, 0.25) is 5.02 Å². The molecule has 1 aromatic heterocycles. The number of nitrogens with zero attached hydrogens (tertiary/aromatic N) is 3. The van der Waals surface area contributed by atoms with Gasteiger partial charge in [0.2, 0.25) is 5.91 Å². The van der Waals surface area contributed by atoms with Crippen molar-refractivity contribution in [1.29, 1.82) is 10.5 Å². The van der Waals surface area contributed by atoms with E-state index in [0.29, 0.717) is 32.6 Å².